The molecule has 0 spiro atoms. The van der Waals surface area contributed by atoms with Crippen molar-refractivity contribution in [2.75, 3.05) is 5.32 Å². The summed E-state index contributed by atoms with van der Waals surface area (Å²) in [4.78, 5) is 36.5. The van der Waals surface area contributed by atoms with Crippen LogP contribution in [0.15, 0.2) is 48.5 Å². The molecule has 6 heteroatoms. The third-order valence-corrected chi connectivity index (χ3v) is 4.26. The molecular weight excluding hydrogens is 335 g/mol. The van der Waals surface area contributed by atoms with Gasteiger partial charge in [0.05, 0.1) is 6.54 Å². The van der Waals surface area contributed by atoms with E-state index >= 15 is 0 Å². The molecule has 5 nitrogen and oxygen atoms in total. The number of carbonyl (C=O) groups is 3. The molecule has 1 heterocycles. The minimum absolute atomic E-state index is 0.148. The highest BCUT2D eigenvalue weighted by molar-refractivity contribution is 6.01. The molecule has 3 rings (SSSR count). The van der Waals surface area contributed by atoms with Crippen molar-refractivity contribution in [3.63, 3.8) is 0 Å². The first-order valence-corrected chi connectivity index (χ1v) is 8.48. The maximum atomic E-state index is 13.1. The number of imide groups is 1. The number of hydrogen-bond donors (Lipinski definition) is 1. The average molecular weight is 354 g/mol. The lowest BCUT2D eigenvalue weighted by atomic mass is 10.1. The molecule has 0 saturated carbocycles. The van der Waals surface area contributed by atoms with Gasteiger partial charge in [0, 0.05) is 24.9 Å². The van der Waals surface area contributed by atoms with Crippen LogP contribution in [0.2, 0.25) is 0 Å². The molecule has 0 radical (unpaired) electrons. The molecule has 0 aliphatic carbocycles. The van der Waals surface area contributed by atoms with Crippen LogP contribution in [0.25, 0.3) is 0 Å². The number of aryl methyl sites for hydroxylation is 1. The number of rotatable bonds is 6. The lowest BCUT2D eigenvalue weighted by molar-refractivity contribution is -0.139. The Hall–Kier alpha value is -3.02. The molecule has 0 atom stereocenters. The number of hydrogen-bond acceptors (Lipinski definition) is 3. The summed E-state index contributed by atoms with van der Waals surface area (Å²) in [6.07, 6.45) is 1.26. The summed E-state index contributed by atoms with van der Waals surface area (Å²) in [7, 11) is 0. The zero-order valence-corrected chi connectivity index (χ0v) is 14.2. The highest BCUT2D eigenvalue weighted by Gasteiger charge is 2.28. The van der Waals surface area contributed by atoms with Gasteiger partial charge in [0.1, 0.15) is 5.82 Å². The second-order valence-electron chi connectivity index (χ2n) is 6.25. The topological polar surface area (TPSA) is 66.5 Å². The molecule has 2 aromatic carbocycles. The number of nitrogens with one attached hydrogen (secondary N) is 1. The highest BCUT2D eigenvalue weighted by atomic mass is 19.1. The van der Waals surface area contributed by atoms with Gasteiger partial charge in [0.15, 0.2) is 0 Å². The monoisotopic (exact) mass is 354 g/mol. The first kappa shape index (κ1) is 17.8. The Balaban J connectivity index is 1.51. The molecule has 1 fully saturated rings. The quantitative estimate of drug-likeness (QED) is 0.811. The molecular formula is C20H19FN2O3. The van der Waals surface area contributed by atoms with Crippen molar-refractivity contribution in [3.8, 4) is 0 Å². The first-order chi connectivity index (χ1) is 12.5. The number of amides is 3. The van der Waals surface area contributed by atoms with Gasteiger partial charge in [-0.15, -0.1) is 0 Å². The Bertz CT molecular complexity index is 817. The van der Waals surface area contributed by atoms with Crippen LogP contribution in [0.3, 0.4) is 0 Å². The van der Waals surface area contributed by atoms with E-state index in [0.717, 1.165) is 11.1 Å². The predicted octanol–water partition coefficient (Wildman–Crippen LogP) is 3.05. The van der Waals surface area contributed by atoms with Crippen LogP contribution in [0.1, 0.15) is 30.4 Å². The number of carbonyl (C=O) groups excluding carboxylic acids is 3. The van der Waals surface area contributed by atoms with Crippen LogP contribution >= 0.6 is 0 Å². The zero-order chi connectivity index (χ0) is 18.5. The molecule has 0 aromatic heterocycles. The number of nitrogens with zero attached hydrogens (tertiary/aromatic N) is 1. The van der Waals surface area contributed by atoms with Crippen LogP contribution in [-0.4, -0.2) is 22.6 Å². The van der Waals surface area contributed by atoms with Gasteiger partial charge in [-0.25, -0.2) is 4.39 Å². The fourth-order valence-corrected chi connectivity index (χ4v) is 2.85. The minimum Gasteiger partial charge on any atom is -0.326 e. The second-order valence-corrected chi connectivity index (χ2v) is 6.25. The molecule has 1 saturated heterocycles. The fraction of sp³-hybridized carbons (Fsp3) is 0.250. The van der Waals surface area contributed by atoms with Crippen LogP contribution in [0, 0.1) is 5.82 Å². The number of halogens is 1. The molecule has 1 aliphatic heterocycles. The largest absolute Gasteiger partial charge is 0.326 e. The van der Waals surface area contributed by atoms with Gasteiger partial charge < -0.3 is 5.32 Å². The lowest BCUT2D eigenvalue weighted by Crippen LogP contribution is -2.28. The SMILES string of the molecule is O=C(CCc1cccc(F)c1)Nc1ccc(CN2C(=O)CCC2=O)cc1. The standard InChI is InChI=1S/C20H19FN2O3/c21-16-3-1-2-14(12-16)6-9-18(24)22-17-7-4-15(5-8-17)13-23-19(25)10-11-20(23)26/h1-5,7-8,12H,6,9-11,13H2,(H,22,24). The van der Waals surface area contributed by atoms with Gasteiger partial charge >= 0.3 is 0 Å². The number of likely N-dealkylation sites (tertiary alicyclic amines) is 1. The van der Waals surface area contributed by atoms with Crippen molar-refractivity contribution in [1.29, 1.82) is 0 Å². The molecule has 26 heavy (non-hydrogen) atoms. The molecule has 0 bridgehead atoms. The van der Waals surface area contributed by atoms with E-state index in [1.54, 1.807) is 36.4 Å². The molecule has 1 aliphatic rings. The average Bonchev–Trinajstić information content (AvgIpc) is 2.94. The Kier molecular flexibility index (Phi) is 5.41. The fourth-order valence-electron chi connectivity index (χ4n) is 2.85. The van der Waals surface area contributed by atoms with Gasteiger partial charge in [-0.05, 0) is 41.8 Å². The van der Waals surface area contributed by atoms with Crippen LogP contribution in [-0.2, 0) is 27.3 Å². The van der Waals surface area contributed by atoms with Crippen molar-refractivity contribution in [2.45, 2.75) is 32.2 Å². The summed E-state index contributed by atoms with van der Waals surface area (Å²) in [5, 5.41) is 2.79. The van der Waals surface area contributed by atoms with E-state index < -0.39 is 0 Å². The van der Waals surface area contributed by atoms with E-state index in [4.69, 9.17) is 0 Å². The Morgan fingerprint density at radius 1 is 1.00 bits per heavy atom. The Morgan fingerprint density at radius 3 is 2.35 bits per heavy atom. The maximum Gasteiger partial charge on any atom is 0.229 e. The molecule has 0 unspecified atom stereocenters. The van der Waals surface area contributed by atoms with Crippen LogP contribution < -0.4 is 5.32 Å². The molecule has 3 amide bonds. The van der Waals surface area contributed by atoms with Gasteiger partial charge in [0.2, 0.25) is 17.7 Å². The normalized spacial score (nSPS) is 14.0. The van der Waals surface area contributed by atoms with Gasteiger partial charge in [-0.1, -0.05) is 24.3 Å². The van der Waals surface area contributed by atoms with Crippen molar-refractivity contribution in [1.82, 2.24) is 4.90 Å². The molecule has 134 valence electrons. The summed E-state index contributed by atoms with van der Waals surface area (Å²) in [6.45, 7) is 0.255. The lowest BCUT2D eigenvalue weighted by Gasteiger charge is -2.14. The van der Waals surface area contributed by atoms with Gasteiger partial charge in [0.25, 0.3) is 0 Å². The van der Waals surface area contributed by atoms with Crippen molar-refractivity contribution < 1.29 is 18.8 Å². The predicted molar refractivity (Wildman–Crippen MR) is 94.6 cm³/mol. The summed E-state index contributed by atoms with van der Waals surface area (Å²) in [5.41, 5.74) is 2.24. The van der Waals surface area contributed by atoms with Gasteiger partial charge in [-0.2, -0.15) is 0 Å². The highest BCUT2D eigenvalue weighted by Crippen LogP contribution is 2.17. The summed E-state index contributed by atoms with van der Waals surface area (Å²) >= 11 is 0. The zero-order valence-electron chi connectivity index (χ0n) is 14.2. The van der Waals surface area contributed by atoms with Crippen LogP contribution in [0.4, 0.5) is 10.1 Å². The summed E-state index contributed by atoms with van der Waals surface area (Å²) in [6, 6.07) is 13.2. The van der Waals surface area contributed by atoms with E-state index in [1.165, 1.54) is 17.0 Å². The van der Waals surface area contributed by atoms with E-state index in [0.29, 0.717) is 12.1 Å². The summed E-state index contributed by atoms with van der Waals surface area (Å²) < 4.78 is 13.1. The number of benzene rings is 2. The van der Waals surface area contributed by atoms with Crippen molar-refractivity contribution >= 4 is 23.4 Å². The summed E-state index contributed by atoms with van der Waals surface area (Å²) in [5.74, 6) is -0.769. The Labute approximate surface area is 150 Å². The minimum atomic E-state index is -0.312. The number of anilines is 1. The first-order valence-electron chi connectivity index (χ1n) is 8.48. The second kappa shape index (κ2) is 7.91. The van der Waals surface area contributed by atoms with Crippen molar-refractivity contribution in [3.05, 3.63) is 65.5 Å². The van der Waals surface area contributed by atoms with E-state index in [-0.39, 0.29) is 49.3 Å². The maximum absolute atomic E-state index is 13.1. The smallest absolute Gasteiger partial charge is 0.229 e. The van der Waals surface area contributed by atoms with Crippen LogP contribution in [0.5, 0.6) is 0 Å². The Morgan fingerprint density at radius 2 is 1.69 bits per heavy atom. The molecule has 1 N–H and O–H groups in total. The third kappa shape index (κ3) is 4.53. The van der Waals surface area contributed by atoms with E-state index in [1.807, 2.05) is 0 Å². The van der Waals surface area contributed by atoms with E-state index in [2.05, 4.69) is 5.32 Å². The third-order valence-electron chi connectivity index (χ3n) is 4.26. The van der Waals surface area contributed by atoms with Crippen molar-refractivity contribution in [2.24, 2.45) is 0 Å². The van der Waals surface area contributed by atoms with Gasteiger partial charge in [-0.3, -0.25) is 19.3 Å². The molecule has 2 aromatic rings. The van der Waals surface area contributed by atoms with E-state index in [9.17, 15) is 18.8 Å².